The normalized spacial score (nSPS) is 17.1. The average Bonchev–Trinajstić information content (AvgIpc) is 3.02. The van der Waals surface area contributed by atoms with Gasteiger partial charge < -0.3 is 4.74 Å². The zero-order chi connectivity index (χ0) is 18.3. The van der Waals surface area contributed by atoms with Crippen LogP contribution in [0.1, 0.15) is 10.9 Å². The van der Waals surface area contributed by atoms with Crippen molar-refractivity contribution < 1.29 is 18.3 Å². The summed E-state index contributed by atoms with van der Waals surface area (Å²) in [5.74, 6) is -0.577. The Morgan fingerprint density at radius 2 is 1.81 bits per heavy atom. The number of halogens is 2. The fourth-order valence-corrected chi connectivity index (χ4v) is 4.29. The van der Waals surface area contributed by atoms with E-state index in [4.69, 9.17) is 4.74 Å². The molecule has 0 bridgehead atoms. The van der Waals surface area contributed by atoms with Crippen molar-refractivity contribution in [2.24, 2.45) is 0 Å². The SMILES string of the molecule is COc1ccc2cc(C3SCC(=O)N3c3ccc(F)cc3F)ccc2c1. The maximum atomic E-state index is 14.2. The van der Waals surface area contributed by atoms with E-state index in [1.54, 1.807) is 7.11 Å². The molecular formula is C20H15F2NO2S. The van der Waals surface area contributed by atoms with Gasteiger partial charge in [-0.1, -0.05) is 18.2 Å². The highest BCUT2D eigenvalue weighted by Crippen LogP contribution is 2.43. The van der Waals surface area contributed by atoms with E-state index in [-0.39, 0.29) is 22.7 Å². The van der Waals surface area contributed by atoms with E-state index in [0.717, 1.165) is 28.2 Å². The van der Waals surface area contributed by atoms with Crippen LogP contribution in [-0.4, -0.2) is 18.8 Å². The number of carbonyl (C=O) groups is 1. The van der Waals surface area contributed by atoms with Crippen LogP contribution in [0.2, 0.25) is 0 Å². The van der Waals surface area contributed by atoms with Gasteiger partial charge in [-0.3, -0.25) is 9.69 Å². The van der Waals surface area contributed by atoms with Crippen LogP contribution in [0.4, 0.5) is 14.5 Å². The topological polar surface area (TPSA) is 29.5 Å². The highest BCUT2D eigenvalue weighted by atomic mass is 32.2. The number of rotatable bonds is 3. The van der Waals surface area contributed by atoms with Crippen LogP contribution in [0, 0.1) is 11.6 Å². The number of nitrogens with zero attached hydrogens (tertiary/aromatic N) is 1. The Labute approximate surface area is 153 Å². The molecule has 6 heteroatoms. The lowest BCUT2D eigenvalue weighted by molar-refractivity contribution is -0.115. The summed E-state index contributed by atoms with van der Waals surface area (Å²) >= 11 is 1.43. The van der Waals surface area contributed by atoms with Gasteiger partial charge in [0.25, 0.3) is 0 Å². The Morgan fingerprint density at radius 1 is 1.04 bits per heavy atom. The van der Waals surface area contributed by atoms with Crippen molar-refractivity contribution in [1.29, 1.82) is 0 Å². The zero-order valence-electron chi connectivity index (χ0n) is 13.9. The first-order valence-electron chi connectivity index (χ1n) is 8.03. The minimum atomic E-state index is -0.739. The van der Waals surface area contributed by atoms with Crippen molar-refractivity contribution in [2.45, 2.75) is 5.37 Å². The lowest BCUT2D eigenvalue weighted by atomic mass is 10.1. The van der Waals surface area contributed by atoms with Crippen LogP contribution in [0.15, 0.2) is 54.6 Å². The summed E-state index contributed by atoms with van der Waals surface area (Å²) in [6.45, 7) is 0. The summed E-state index contributed by atoms with van der Waals surface area (Å²) in [7, 11) is 1.62. The smallest absolute Gasteiger partial charge is 0.238 e. The van der Waals surface area contributed by atoms with E-state index in [0.29, 0.717) is 0 Å². The molecule has 1 aliphatic rings. The van der Waals surface area contributed by atoms with Crippen LogP contribution in [0.5, 0.6) is 5.75 Å². The molecule has 0 spiro atoms. The number of hydrogen-bond donors (Lipinski definition) is 0. The highest BCUT2D eigenvalue weighted by molar-refractivity contribution is 8.00. The fraction of sp³-hybridized carbons (Fsp3) is 0.150. The second kappa shape index (κ2) is 6.61. The molecule has 0 radical (unpaired) electrons. The van der Waals surface area contributed by atoms with Crippen molar-refractivity contribution in [2.75, 3.05) is 17.8 Å². The summed E-state index contributed by atoms with van der Waals surface area (Å²) in [5.41, 5.74) is 0.989. The quantitative estimate of drug-likeness (QED) is 0.655. The Bertz CT molecular complexity index is 1010. The van der Waals surface area contributed by atoms with Crippen LogP contribution >= 0.6 is 11.8 Å². The lowest BCUT2D eigenvalue weighted by Crippen LogP contribution is -2.28. The molecule has 4 rings (SSSR count). The molecule has 1 atom stereocenters. The van der Waals surface area contributed by atoms with Crippen LogP contribution in [0.3, 0.4) is 0 Å². The summed E-state index contributed by atoms with van der Waals surface area (Å²) < 4.78 is 32.7. The average molecular weight is 371 g/mol. The van der Waals surface area contributed by atoms with E-state index in [1.807, 2.05) is 36.4 Å². The predicted molar refractivity (Wildman–Crippen MR) is 99.5 cm³/mol. The Morgan fingerprint density at radius 3 is 2.58 bits per heavy atom. The maximum Gasteiger partial charge on any atom is 0.238 e. The van der Waals surface area contributed by atoms with Crippen LogP contribution < -0.4 is 9.64 Å². The Balaban J connectivity index is 1.75. The molecule has 132 valence electrons. The molecule has 1 unspecified atom stereocenters. The molecule has 1 aliphatic heterocycles. The first-order chi connectivity index (χ1) is 12.6. The monoisotopic (exact) mass is 371 g/mol. The number of hydrogen-bond acceptors (Lipinski definition) is 3. The highest BCUT2D eigenvalue weighted by Gasteiger charge is 2.35. The van der Waals surface area contributed by atoms with Gasteiger partial charge in [-0.05, 0) is 46.7 Å². The van der Waals surface area contributed by atoms with E-state index in [9.17, 15) is 13.6 Å². The third-order valence-corrected chi connectivity index (χ3v) is 5.61. The molecule has 3 aromatic rings. The number of methoxy groups -OCH3 is 1. The van der Waals surface area contributed by atoms with Gasteiger partial charge in [0.15, 0.2) is 0 Å². The van der Waals surface area contributed by atoms with Gasteiger partial charge in [0.2, 0.25) is 5.91 Å². The van der Waals surface area contributed by atoms with Crippen LogP contribution in [-0.2, 0) is 4.79 Å². The summed E-state index contributed by atoms with van der Waals surface area (Å²) in [6, 6.07) is 14.9. The van der Waals surface area contributed by atoms with Crippen molar-refractivity contribution >= 4 is 34.1 Å². The summed E-state index contributed by atoms with van der Waals surface area (Å²) in [4.78, 5) is 13.8. The Kier molecular flexibility index (Phi) is 4.28. The maximum absolute atomic E-state index is 14.2. The van der Waals surface area contributed by atoms with E-state index in [2.05, 4.69) is 0 Å². The van der Waals surface area contributed by atoms with E-state index in [1.165, 1.54) is 28.8 Å². The third-order valence-electron chi connectivity index (χ3n) is 4.39. The number of carbonyl (C=O) groups excluding carboxylic acids is 1. The number of fused-ring (bicyclic) bond motifs is 1. The molecule has 0 aromatic heterocycles. The van der Waals surface area contributed by atoms with Gasteiger partial charge in [-0.15, -0.1) is 11.8 Å². The molecule has 1 heterocycles. The molecule has 1 amide bonds. The molecule has 3 nitrogen and oxygen atoms in total. The van der Waals surface area contributed by atoms with Gasteiger partial charge >= 0.3 is 0 Å². The van der Waals surface area contributed by atoms with Crippen molar-refractivity contribution in [3.05, 3.63) is 71.8 Å². The lowest BCUT2D eigenvalue weighted by Gasteiger charge is -2.25. The molecular weight excluding hydrogens is 356 g/mol. The van der Waals surface area contributed by atoms with Crippen molar-refractivity contribution in [3.63, 3.8) is 0 Å². The molecule has 3 aromatic carbocycles. The minimum absolute atomic E-state index is 0.0984. The molecule has 26 heavy (non-hydrogen) atoms. The van der Waals surface area contributed by atoms with E-state index < -0.39 is 11.6 Å². The van der Waals surface area contributed by atoms with E-state index >= 15 is 0 Å². The number of thioether (sulfide) groups is 1. The first kappa shape index (κ1) is 16.8. The van der Waals surface area contributed by atoms with Gasteiger partial charge in [0, 0.05) is 6.07 Å². The predicted octanol–water partition coefficient (Wildman–Crippen LogP) is 4.91. The van der Waals surface area contributed by atoms with Gasteiger partial charge in [0.1, 0.15) is 22.8 Å². The van der Waals surface area contributed by atoms with Crippen molar-refractivity contribution in [3.8, 4) is 5.75 Å². The second-order valence-electron chi connectivity index (χ2n) is 6.00. The van der Waals surface area contributed by atoms with Gasteiger partial charge in [-0.2, -0.15) is 0 Å². The molecule has 0 aliphatic carbocycles. The third kappa shape index (κ3) is 2.90. The van der Waals surface area contributed by atoms with Crippen molar-refractivity contribution in [1.82, 2.24) is 0 Å². The minimum Gasteiger partial charge on any atom is -0.497 e. The zero-order valence-corrected chi connectivity index (χ0v) is 14.7. The standard InChI is InChI=1S/C20H15F2NO2S/c1-25-16-6-4-12-8-14(3-2-13(12)9-16)20-23(19(24)11-26-20)18-7-5-15(21)10-17(18)22/h2-10,20H,11H2,1H3. The van der Waals surface area contributed by atoms with Gasteiger partial charge in [-0.25, -0.2) is 8.78 Å². The molecule has 1 fully saturated rings. The summed E-state index contributed by atoms with van der Waals surface area (Å²) in [6.07, 6.45) is 0. The molecule has 0 N–H and O–H groups in total. The first-order valence-corrected chi connectivity index (χ1v) is 9.08. The van der Waals surface area contributed by atoms with Crippen LogP contribution in [0.25, 0.3) is 10.8 Å². The Hall–Kier alpha value is -2.60. The molecule has 0 saturated carbocycles. The number of ether oxygens (including phenoxy) is 1. The number of anilines is 1. The number of benzene rings is 3. The second-order valence-corrected chi connectivity index (χ2v) is 7.06. The fourth-order valence-electron chi connectivity index (χ4n) is 3.13. The summed E-state index contributed by atoms with van der Waals surface area (Å²) in [5, 5.41) is 1.67. The van der Waals surface area contributed by atoms with Gasteiger partial charge in [0.05, 0.1) is 18.6 Å². The molecule has 1 saturated heterocycles. The number of amides is 1. The largest absolute Gasteiger partial charge is 0.497 e.